The normalized spacial score (nSPS) is 25.5. The number of nitrogens with zero attached hydrogens (tertiary/aromatic N) is 1. The maximum Gasteiger partial charge on any atom is 0.233 e. The molecular weight excluding hydrogens is 286 g/mol. The Hall–Kier alpha value is -1.06. The second-order valence-corrected chi connectivity index (χ2v) is 6.92. The van der Waals surface area contributed by atoms with Crippen molar-refractivity contribution in [3.63, 3.8) is 0 Å². The van der Waals surface area contributed by atoms with Crippen LogP contribution in [0.1, 0.15) is 38.2 Å². The van der Waals surface area contributed by atoms with E-state index in [0.29, 0.717) is 11.6 Å². The van der Waals surface area contributed by atoms with E-state index in [1.165, 1.54) is 0 Å². The molecule has 1 N–H and O–H groups in total. The zero-order valence-electron chi connectivity index (χ0n) is 12.4. The Morgan fingerprint density at radius 2 is 2.05 bits per heavy atom. The third-order valence-corrected chi connectivity index (χ3v) is 5.24. The van der Waals surface area contributed by atoms with Crippen LogP contribution in [0.15, 0.2) is 24.3 Å². The van der Waals surface area contributed by atoms with Gasteiger partial charge in [0.25, 0.3) is 0 Å². The molecule has 21 heavy (non-hydrogen) atoms. The van der Waals surface area contributed by atoms with Gasteiger partial charge in [0.05, 0.1) is 11.5 Å². The molecule has 0 aromatic heterocycles. The van der Waals surface area contributed by atoms with Gasteiger partial charge in [-0.05, 0) is 50.3 Å². The fourth-order valence-corrected chi connectivity index (χ4v) is 3.54. The van der Waals surface area contributed by atoms with Gasteiger partial charge in [0.15, 0.2) is 0 Å². The molecule has 3 rings (SSSR count). The predicted octanol–water partition coefficient (Wildman–Crippen LogP) is 2.99. The number of aliphatic hydroxyl groups excluding tert-OH is 1. The Bertz CT molecular complexity index is 522. The molecule has 1 amide bonds. The van der Waals surface area contributed by atoms with Crippen LogP contribution in [0, 0.1) is 5.92 Å². The number of piperidine rings is 1. The maximum absolute atomic E-state index is 12.9. The van der Waals surface area contributed by atoms with Crippen LogP contribution >= 0.6 is 11.6 Å². The second kappa shape index (κ2) is 5.62. The van der Waals surface area contributed by atoms with Crippen molar-refractivity contribution in [3.05, 3.63) is 34.9 Å². The number of benzene rings is 1. The summed E-state index contributed by atoms with van der Waals surface area (Å²) in [5.74, 6) is 0.443. The van der Waals surface area contributed by atoms with E-state index in [-0.39, 0.29) is 23.3 Å². The Kier molecular flexibility index (Phi) is 3.98. The fourth-order valence-electron chi connectivity index (χ4n) is 3.41. The van der Waals surface area contributed by atoms with Crippen molar-refractivity contribution in [2.75, 3.05) is 13.1 Å². The molecule has 1 aromatic rings. The van der Waals surface area contributed by atoms with Crippen LogP contribution in [-0.2, 0) is 10.2 Å². The molecule has 0 spiro atoms. The van der Waals surface area contributed by atoms with Crippen molar-refractivity contribution >= 4 is 17.5 Å². The number of hydrogen-bond acceptors (Lipinski definition) is 2. The molecule has 1 saturated carbocycles. The van der Waals surface area contributed by atoms with Gasteiger partial charge >= 0.3 is 0 Å². The summed E-state index contributed by atoms with van der Waals surface area (Å²) < 4.78 is 0. The summed E-state index contributed by atoms with van der Waals surface area (Å²) in [5.41, 5.74) is 0.751. The van der Waals surface area contributed by atoms with Gasteiger partial charge in [0.1, 0.15) is 0 Å². The van der Waals surface area contributed by atoms with E-state index in [0.717, 1.165) is 37.8 Å². The highest BCUT2D eigenvalue weighted by Crippen LogP contribution is 2.50. The lowest BCUT2D eigenvalue weighted by Gasteiger charge is -2.36. The second-order valence-electron chi connectivity index (χ2n) is 6.48. The van der Waals surface area contributed by atoms with Gasteiger partial charge in [-0.3, -0.25) is 4.79 Å². The van der Waals surface area contributed by atoms with Gasteiger partial charge in [-0.15, -0.1) is 0 Å². The Labute approximate surface area is 130 Å². The highest BCUT2D eigenvalue weighted by molar-refractivity contribution is 6.30. The minimum Gasteiger partial charge on any atom is -0.393 e. The van der Waals surface area contributed by atoms with E-state index in [2.05, 4.69) is 0 Å². The van der Waals surface area contributed by atoms with Crippen LogP contribution in [0.3, 0.4) is 0 Å². The number of amides is 1. The third kappa shape index (κ3) is 2.82. The van der Waals surface area contributed by atoms with Crippen molar-refractivity contribution in [1.29, 1.82) is 0 Å². The topological polar surface area (TPSA) is 40.5 Å². The van der Waals surface area contributed by atoms with Crippen LogP contribution in [0.25, 0.3) is 0 Å². The first-order valence-electron chi connectivity index (χ1n) is 7.76. The zero-order valence-corrected chi connectivity index (χ0v) is 13.1. The maximum atomic E-state index is 12.9. The van der Waals surface area contributed by atoms with Crippen molar-refractivity contribution < 1.29 is 9.90 Å². The molecular formula is C17H22ClNO2. The molecule has 1 aromatic carbocycles. The van der Waals surface area contributed by atoms with Gasteiger partial charge in [-0.25, -0.2) is 0 Å². The smallest absolute Gasteiger partial charge is 0.233 e. The van der Waals surface area contributed by atoms with Crippen LogP contribution in [-0.4, -0.2) is 35.1 Å². The van der Waals surface area contributed by atoms with E-state index in [1.54, 1.807) is 0 Å². The summed E-state index contributed by atoms with van der Waals surface area (Å²) in [6.07, 6.45) is 3.49. The average molecular weight is 308 g/mol. The summed E-state index contributed by atoms with van der Waals surface area (Å²) >= 11 is 5.94. The lowest BCUT2D eigenvalue weighted by atomic mass is 9.89. The molecule has 1 saturated heterocycles. The number of halogens is 1. The summed E-state index contributed by atoms with van der Waals surface area (Å²) in [7, 11) is 0. The molecule has 2 aliphatic rings. The Balaban J connectivity index is 1.76. The van der Waals surface area contributed by atoms with E-state index in [1.807, 2.05) is 36.1 Å². The number of aliphatic hydroxyl groups is 1. The highest BCUT2D eigenvalue weighted by atomic mass is 35.5. The molecule has 1 heterocycles. The Morgan fingerprint density at radius 3 is 2.62 bits per heavy atom. The summed E-state index contributed by atoms with van der Waals surface area (Å²) in [4.78, 5) is 14.9. The van der Waals surface area contributed by atoms with Crippen molar-refractivity contribution in [1.82, 2.24) is 4.90 Å². The largest absolute Gasteiger partial charge is 0.393 e. The predicted molar refractivity (Wildman–Crippen MR) is 83.3 cm³/mol. The summed E-state index contributed by atoms with van der Waals surface area (Å²) in [5, 5.41) is 10.5. The molecule has 2 atom stereocenters. The monoisotopic (exact) mass is 307 g/mol. The quantitative estimate of drug-likeness (QED) is 0.932. The number of likely N-dealkylation sites (tertiary alicyclic amines) is 1. The highest BCUT2D eigenvalue weighted by Gasteiger charge is 2.53. The molecule has 4 heteroatoms. The first-order valence-corrected chi connectivity index (χ1v) is 8.14. The minimum absolute atomic E-state index is 0.212. The van der Waals surface area contributed by atoms with Crippen LogP contribution < -0.4 is 0 Å². The summed E-state index contributed by atoms with van der Waals surface area (Å²) in [6, 6.07) is 7.67. The first kappa shape index (κ1) is 14.9. The van der Waals surface area contributed by atoms with Crippen LogP contribution in [0.4, 0.5) is 0 Å². The lowest BCUT2D eigenvalue weighted by molar-refractivity contribution is -0.136. The molecule has 2 unspecified atom stereocenters. The van der Waals surface area contributed by atoms with E-state index >= 15 is 0 Å². The minimum atomic E-state index is -0.341. The fraction of sp³-hybridized carbons (Fsp3) is 0.588. The molecule has 0 radical (unpaired) electrons. The standard InChI is InChI=1S/C17H22ClNO2/c1-12(20)13-3-2-10-19(11-13)16(21)17(8-9-17)14-4-6-15(18)7-5-14/h4-7,12-13,20H,2-3,8-11H2,1H3. The zero-order chi connectivity index (χ0) is 15.0. The molecule has 2 fully saturated rings. The van der Waals surface area contributed by atoms with Crippen molar-refractivity contribution in [2.45, 2.75) is 44.1 Å². The first-order chi connectivity index (χ1) is 10.0. The number of hydrogen-bond donors (Lipinski definition) is 1. The van der Waals surface area contributed by atoms with Crippen molar-refractivity contribution in [3.8, 4) is 0 Å². The molecule has 3 nitrogen and oxygen atoms in total. The SMILES string of the molecule is CC(O)C1CCCN(C(=O)C2(c3ccc(Cl)cc3)CC2)C1. The molecule has 1 aliphatic carbocycles. The lowest BCUT2D eigenvalue weighted by Crippen LogP contribution is -2.47. The van der Waals surface area contributed by atoms with Gasteiger partial charge in [-0.2, -0.15) is 0 Å². The number of carbonyl (C=O) groups excluding carboxylic acids is 1. The van der Waals surface area contributed by atoms with E-state index in [9.17, 15) is 9.90 Å². The molecule has 114 valence electrons. The summed E-state index contributed by atoms with van der Waals surface area (Å²) in [6.45, 7) is 3.33. The average Bonchev–Trinajstić information content (AvgIpc) is 3.29. The van der Waals surface area contributed by atoms with Gasteiger partial charge < -0.3 is 10.0 Å². The number of rotatable bonds is 3. The van der Waals surface area contributed by atoms with E-state index < -0.39 is 0 Å². The van der Waals surface area contributed by atoms with Crippen molar-refractivity contribution in [2.24, 2.45) is 5.92 Å². The van der Waals surface area contributed by atoms with Crippen LogP contribution in [0.5, 0.6) is 0 Å². The molecule has 0 bridgehead atoms. The van der Waals surface area contributed by atoms with Gasteiger partial charge in [0.2, 0.25) is 5.91 Å². The number of carbonyl (C=O) groups is 1. The molecule has 1 aliphatic heterocycles. The van der Waals surface area contributed by atoms with E-state index in [4.69, 9.17) is 11.6 Å². The third-order valence-electron chi connectivity index (χ3n) is 4.98. The van der Waals surface area contributed by atoms with Gasteiger partial charge in [0, 0.05) is 24.0 Å². The Morgan fingerprint density at radius 1 is 1.38 bits per heavy atom. The van der Waals surface area contributed by atoms with Gasteiger partial charge in [-0.1, -0.05) is 23.7 Å². The van der Waals surface area contributed by atoms with Crippen LogP contribution in [0.2, 0.25) is 5.02 Å².